The molecule has 0 bridgehead atoms. The van der Waals surface area contributed by atoms with Gasteiger partial charge in [0.05, 0.1) is 3.79 Å². The van der Waals surface area contributed by atoms with Crippen molar-refractivity contribution in [1.29, 1.82) is 0 Å². The lowest BCUT2D eigenvalue weighted by atomic mass is 10.2. The van der Waals surface area contributed by atoms with Gasteiger partial charge in [-0.1, -0.05) is 13.3 Å². The van der Waals surface area contributed by atoms with E-state index in [2.05, 4.69) is 21.2 Å². The predicted octanol–water partition coefficient (Wildman–Crippen LogP) is 2.91. The first-order chi connectivity index (χ1) is 8.93. The van der Waals surface area contributed by atoms with Gasteiger partial charge in [-0.15, -0.1) is 11.3 Å². The Bertz CT molecular complexity index is 450. The largest absolute Gasteiger partial charge is 0.480 e. The molecule has 0 aromatic carbocycles. The number of carboxylic acid groups (broad SMARTS) is 1. The summed E-state index contributed by atoms with van der Waals surface area (Å²) in [5.74, 6) is -0.998. The van der Waals surface area contributed by atoms with E-state index >= 15 is 0 Å². The Morgan fingerprint density at radius 3 is 2.74 bits per heavy atom. The monoisotopic (exact) mass is 348 g/mol. The first-order valence-corrected chi connectivity index (χ1v) is 7.58. The highest BCUT2D eigenvalue weighted by molar-refractivity contribution is 9.11. The van der Waals surface area contributed by atoms with Gasteiger partial charge in [-0.05, 0) is 39.4 Å². The molecule has 5 nitrogen and oxygen atoms in total. The van der Waals surface area contributed by atoms with Crippen LogP contribution in [0.1, 0.15) is 25.3 Å². The van der Waals surface area contributed by atoms with Gasteiger partial charge < -0.3 is 15.3 Å². The van der Waals surface area contributed by atoms with E-state index in [0.717, 1.165) is 9.35 Å². The Morgan fingerprint density at radius 2 is 2.26 bits per heavy atom. The summed E-state index contributed by atoms with van der Waals surface area (Å²) < 4.78 is 1.01. The van der Waals surface area contributed by atoms with Crippen LogP contribution >= 0.6 is 27.3 Å². The smallest absolute Gasteiger partial charge is 0.326 e. The third kappa shape index (κ3) is 5.20. The molecule has 0 saturated heterocycles. The fourth-order valence-electron chi connectivity index (χ4n) is 1.58. The van der Waals surface area contributed by atoms with Crippen LogP contribution in [-0.2, 0) is 11.3 Å². The van der Waals surface area contributed by atoms with E-state index in [1.165, 1.54) is 4.90 Å². The molecule has 1 heterocycles. The number of hydrogen-bond acceptors (Lipinski definition) is 3. The minimum absolute atomic E-state index is 0.372. The summed E-state index contributed by atoms with van der Waals surface area (Å²) in [6, 6.07) is 0.743. The second-order valence-corrected chi connectivity index (χ2v) is 6.53. The summed E-state index contributed by atoms with van der Waals surface area (Å²) in [7, 11) is 1.64. The zero-order valence-corrected chi connectivity index (χ0v) is 13.3. The van der Waals surface area contributed by atoms with Gasteiger partial charge in [-0.25, -0.2) is 9.59 Å². The number of nitrogens with zero attached hydrogens (tertiary/aromatic N) is 1. The van der Waals surface area contributed by atoms with Crippen molar-refractivity contribution in [2.45, 2.75) is 32.4 Å². The molecule has 0 aliphatic carbocycles. The van der Waals surface area contributed by atoms with Crippen LogP contribution in [0.2, 0.25) is 0 Å². The van der Waals surface area contributed by atoms with Crippen LogP contribution in [0.4, 0.5) is 4.79 Å². The van der Waals surface area contributed by atoms with Crippen molar-refractivity contribution in [2.75, 3.05) is 7.05 Å². The molecular weight excluding hydrogens is 332 g/mol. The Balaban J connectivity index is 2.54. The highest BCUT2D eigenvalue weighted by Gasteiger charge is 2.20. The standard InChI is InChI=1S/C12H17BrN2O3S/c1-3-4-9(11(16)17)14-12(18)15(2)6-8-5-10(13)19-7-8/h5,7,9H,3-4,6H2,1-2H3,(H,14,18)(H,16,17)/t9-/m1/s1. The van der Waals surface area contributed by atoms with E-state index in [-0.39, 0.29) is 6.03 Å². The molecule has 1 rings (SSSR count). The molecule has 0 fully saturated rings. The number of carbonyl (C=O) groups is 2. The SMILES string of the molecule is CCC[C@@H](NC(=O)N(C)Cc1csc(Br)c1)C(=O)O. The number of carbonyl (C=O) groups excluding carboxylic acids is 1. The summed E-state index contributed by atoms with van der Waals surface area (Å²) in [5, 5.41) is 13.5. The van der Waals surface area contributed by atoms with Gasteiger partial charge in [0.15, 0.2) is 0 Å². The average Bonchev–Trinajstić information content (AvgIpc) is 2.73. The summed E-state index contributed by atoms with van der Waals surface area (Å²) in [6.45, 7) is 2.33. The van der Waals surface area contributed by atoms with Gasteiger partial charge in [0.1, 0.15) is 6.04 Å². The Labute approximate surface area is 124 Å². The molecule has 1 aromatic heterocycles. The van der Waals surface area contributed by atoms with Crippen molar-refractivity contribution in [3.05, 3.63) is 20.8 Å². The van der Waals surface area contributed by atoms with Crippen LogP contribution < -0.4 is 5.32 Å². The normalized spacial score (nSPS) is 11.9. The van der Waals surface area contributed by atoms with E-state index in [4.69, 9.17) is 5.11 Å². The van der Waals surface area contributed by atoms with Crippen molar-refractivity contribution in [1.82, 2.24) is 10.2 Å². The van der Waals surface area contributed by atoms with Crippen LogP contribution in [0.3, 0.4) is 0 Å². The van der Waals surface area contributed by atoms with Gasteiger partial charge in [0.25, 0.3) is 0 Å². The highest BCUT2D eigenvalue weighted by Crippen LogP contribution is 2.21. The molecule has 0 unspecified atom stereocenters. The van der Waals surface area contributed by atoms with E-state index in [1.54, 1.807) is 18.4 Å². The number of urea groups is 1. The number of rotatable bonds is 6. The first kappa shape index (κ1) is 16.0. The highest BCUT2D eigenvalue weighted by atomic mass is 79.9. The molecule has 1 aromatic rings. The number of hydrogen-bond donors (Lipinski definition) is 2. The zero-order chi connectivity index (χ0) is 14.4. The molecule has 0 spiro atoms. The maximum absolute atomic E-state index is 11.9. The molecule has 7 heteroatoms. The minimum atomic E-state index is -0.998. The molecule has 2 amide bonds. The lowest BCUT2D eigenvalue weighted by Crippen LogP contribution is -2.46. The number of carboxylic acids is 1. The van der Waals surface area contributed by atoms with Gasteiger partial charge in [0.2, 0.25) is 0 Å². The number of amides is 2. The van der Waals surface area contributed by atoms with E-state index in [1.807, 2.05) is 18.4 Å². The maximum Gasteiger partial charge on any atom is 0.326 e. The van der Waals surface area contributed by atoms with Crippen molar-refractivity contribution < 1.29 is 14.7 Å². The number of halogens is 1. The predicted molar refractivity (Wildman–Crippen MR) is 78.3 cm³/mol. The molecule has 0 aliphatic heterocycles. The zero-order valence-electron chi connectivity index (χ0n) is 10.9. The molecular formula is C12H17BrN2O3S. The third-order valence-corrected chi connectivity index (χ3v) is 4.11. The van der Waals surface area contributed by atoms with Gasteiger partial charge >= 0.3 is 12.0 Å². The molecule has 1 atom stereocenters. The number of thiophene rings is 1. The molecule has 0 aliphatic rings. The topological polar surface area (TPSA) is 69.6 Å². The van der Waals surface area contributed by atoms with Crippen LogP contribution in [0, 0.1) is 0 Å². The molecule has 106 valence electrons. The summed E-state index contributed by atoms with van der Waals surface area (Å²) in [4.78, 5) is 24.3. The third-order valence-electron chi connectivity index (χ3n) is 2.56. The maximum atomic E-state index is 11.9. The quantitative estimate of drug-likeness (QED) is 0.830. The second kappa shape index (κ2) is 7.49. The van der Waals surface area contributed by atoms with E-state index in [9.17, 15) is 9.59 Å². The minimum Gasteiger partial charge on any atom is -0.480 e. The Hall–Kier alpha value is -1.08. The van der Waals surface area contributed by atoms with Crippen LogP contribution in [0.25, 0.3) is 0 Å². The average molecular weight is 349 g/mol. The van der Waals surface area contributed by atoms with Crippen molar-refractivity contribution in [3.8, 4) is 0 Å². The Kier molecular flexibility index (Phi) is 6.30. The van der Waals surface area contributed by atoms with E-state index in [0.29, 0.717) is 19.4 Å². The number of aliphatic carboxylic acids is 1. The van der Waals surface area contributed by atoms with Gasteiger partial charge in [-0.2, -0.15) is 0 Å². The van der Waals surface area contributed by atoms with Crippen molar-refractivity contribution in [3.63, 3.8) is 0 Å². The van der Waals surface area contributed by atoms with Gasteiger partial charge in [0, 0.05) is 13.6 Å². The van der Waals surface area contributed by atoms with Crippen molar-refractivity contribution in [2.24, 2.45) is 0 Å². The lowest BCUT2D eigenvalue weighted by molar-refractivity contribution is -0.139. The van der Waals surface area contributed by atoms with Crippen LogP contribution in [0.15, 0.2) is 15.2 Å². The number of nitrogens with one attached hydrogen (secondary N) is 1. The lowest BCUT2D eigenvalue weighted by Gasteiger charge is -2.20. The van der Waals surface area contributed by atoms with Gasteiger partial charge in [-0.3, -0.25) is 0 Å². The second-order valence-electron chi connectivity index (χ2n) is 4.24. The van der Waals surface area contributed by atoms with Crippen molar-refractivity contribution >= 4 is 39.3 Å². The molecule has 0 radical (unpaired) electrons. The van der Waals surface area contributed by atoms with Crippen LogP contribution in [-0.4, -0.2) is 35.1 Å². The fourth-order valence-corrected chi connectivity index (χ4v) is 2.78. The molecule has 2 N–H and O–H groups in total. The van der Waals surface area contributed by atoms with E-state index < -0.39 is 12.0 Å². The fraction of sp³-hybridized carbons (Fsp3) is 0.500. The molecule has 0 saturated carbocycles. The Morgan fingerprint density at radius 1 is 1.58 bits per heavy atom. The first-order valence-electron chi connectivity index (χ1n) is 5.91. The molecule has 19 heavy (non-hydrogen) atoms. The summed E-state index contributed by atoms with van der Waals surface area (Å²) in [5.41, 5.74) is 1.01. The summed E-state index contributed by atoms with van der Waals surface area (Å²) >= 11 is 4.91. The summed E-state index contributed by atoms with van der Waals surface area (Å²) in [6.07, 6.45) is 1.14. The van der Waals surface area contributed by atoms with Crippen LogP contribution in [0.5, 0.6) is 0 Å².